The average Bonchev–Trinajstić information content (AvgIpc) is 3.74. The zero-order chi connectivity index (χ0) is 31.3. The Morgan fingerprint density at radius 1 is 0.489 bits per heavy atom. The molecule has 47 heavy (non-hydrogen) atoms. The van der Waals surface area contributed by atoms with Crippen molar-refractivity contribution in [2.24, 2.45) is 0 Å². The molecule has 0 amide bonds. The number of hydrogen-bond acceptors (Lipinski definition) is 1. The molecule has 0 saturated heterocycles. The molecule has 0 fully saturated rings. The Labute approximate surface area is 278 Å². The first-order valence-electron chi connectivity index (χ1n) is 16.4. The molecule has 1 nitrogen and oxygen atoms in total. The molecule has 0 N–H and O–H groups in total. The highest BCUT2D eigenvalue weighted by atomic mass is 32.1. The van der Waals surface area contributed by atoms with Gasteiger partial charge in [0.15, 0.2) is 0 Å². The number of aromatic nitrogens is 1. The topological polar surface area (TPSA) is 4.93 Å². The van der Waals surface area contributed by atoms with Crippen LogP contribution in [0.2, 0.25) is 0 Å². The lowest BCUT2D eigenvalue weighted by Crippen LogP contribution is -2.16. The van der Waals surface area contributed by atoms with Gasteiger partial charge in [-0.05, 0) is 68.8 Å². The Kier molecular flexibility index (Phi) is 5.57. The molecule has 1 aliphatic rings. The minimum absolute atomic E-state index is 0.128. The van der Waals surface area contributed by atoms with E-state index in [1.807, 2.05) is 11.3 Å². The second-order valence-electron chi connectivity index (χ2n) is 13.3. The molecule has 2 heterocycles. The standard InChI is InChI=1S/C45H31NS/c1-45(2)39-17-8-6-13-33(39)36-25-26-37-34-24-21-30(28-11-4-3-5-12-28)27-40(34)46(43(37)42(36)45)31-22-19-29(20-23-31)32-15-10-16-38-35-14-7-9-18-41(35)47-44(32)38/h3-27H,1-2H3. The third kappa shape index (κ3) is 3.77. The summed E-state index contributed by atoms with van der Waals surface area (Å²) in [5.41, 5.74) is 14.1. The summed E-state index contributed by atoms with van der Waals surface area (Å²) in [6.07, 6.45) is 0. The maximum absolute atomic E-state index is 2.54. The molecule has 1 aliphatic carbocycles. The summed E-state index contributed by atoms with van der Waals surface area (Å²) in [5, 5.41) is 5.26. The predicted molar refractivity (Wildman–Crippen MR) is 202 cm³/mol. The smallest absolute Gasteiger partial charge is 0.0588 e. The highest BCUT2D eigenvalue weighted by Gasteiger charge is 2.38. The molecule has 7 aromatic carbocycles. The minimum Gasteiger partial charge on any atom is -0.309 e. The van der Waals surface area contributed by atoms with E-state index in [1.165, 1.54) is 92.2 Å². The van der Waals surface area contributed by atoms with Crippen LogP contribution in [0.4, 0.5) is 0 Å². The second kappa shape index (κ2) is 9.78. The fourth-order valence-corrected chi connectivity index (χ4v) is 9.44. The lowest BCUT2D eigenvalue weighted by Gasteiger charge is -2.23. The molecule has 10 rings (SSSR count). The molecule has 2 heteroatoms. The van der Waals surface area contributed by atoms with Crippen molar-refractivity contribution < 1.29 is 0 Å². The number of thiophene rings is 1. The van der Waals surface area contributed by atoms with Crippen molar-refractivity contribution in [2.75, 3.05) is 0 Å². The number of hydrogen-bond donors (Lipinski definition) is 0. The Hall–Kier alpha value is -5.44. The fraction of sp³-hybridized carbons (Fsp3) is 0.0667. The lowest BCUT2D eigenvalue weighted by atomic mass is 9.81. The first-order valence-corrected chi connectivity index (χ1v) is 17.2. The van der Waals surface area contributed by atoms with E-state index < -0.39 is 0 Å². The Morgan fingerprint density at radius 3 is 2.06 bits per heavy atom. The van der Waals surface area contributed by atoms with Crippen LogP contribution in [-0.2, 0) is 5.41 Å². The minimum atomic E-state index is -0.128. The van der Waals surface area contributed by atoms with Crippen LogP contribution in [0, 0.1) is 0 Å². The van der Waals surface area contributed by atoms with Gasteiger partial charge < -0.3 is 4.57 Å². The third-order valence-corrected chi connectivity index (χ3v) is 11.6. The first-order chi connectivity index (χ1) is 23.1. The van der Waals surface area contributed by atoms with E-state index in [0.29, 0.717) is 0 Å². The lowest BCUT2D eigenvalue weighted by molar-refractivity contribution is 0.664. The van der Waals surface area contributed by atoms with Gasteiger partial charge in [0.05, 0.1) is 11.0 Å². The van der Waals surface area contributed by atoms with Gasteiger partial charge in [-0.2, -0.15) is 0 Å². The monoisotopic (exact) mass is 617 g/mol. The number of nitrogens with zero attached hydrogens (tertiary/aromatic N) is 1. The van der Waals surface area contributed by atoms with Gasteiger partial charge in [-0.15, -0.1) is 11.3 Å². The zero-order valence-electron chi connectivity index (χ0n) is 26.3. The van der Waals surface area contributed by atoms with Crippen molar-refractivity contribution in [1.29, 1.82) is 0 Å². The number of rotatable bonds is 3. The molecule has 0 bridgehead atoms. The fourth-order valence-electron chi connectivity index (χ4n) is 8.20. The molecule has 0 saturated carbocycles. The molecule has 0 atom stereocenters. The van der Waals surface area contributed by atoms with Crippen LogP contribution in [0.5, 0.6) is 0 Å². The third-order valence-electron chi connectivity index (χ3n) is 10.4. The maximum atomic E-state index is 2.54. The van der Waals surface area contributed by atoms with E-state index in [0.717, 1.165) is 0 Å². The first kappa shape index (κ1) is 26.7. The van der Waals surface area contributed by atoms with Gasteiger partial charge in [-0.3, -0.25) is 0 Å². The molecule has 0 spiro atoms. The van der Waals surface area contributed by atoms with E-state index in [4.69, 9.17) is 0 Å². The van der Waals surface area contributed by atoms with Crippen LogP contribution >= 0.6 is 11.3 Å². The van der Waals surface area contributed by atoms with Crippen LogP contribution in [-0.4, -0.2) is 4.57 Å². The van der Waals surface area contributed by atoms with Crippen molar-refractivity contribution >= 4 is 53.3 Å². The van der Waals surface area contributed by atoms with Crippen LogP contribution in [0.3, 0.4) is 0 Å². The quantitative estimate of drug-likeness (QED) is 0.186. The van der Waals surface area contributed by atoms with E-state index >= 15 is 0 Å². The van der Waals surface area contributed by atoms with Crippen molar-refractivity contribution in [3.8, 4) is 39.1 Å². The van der Waals surface area contributed by atoms with Gasteiger partial charge in [0.1, 0.15) is 0 Å². The summed E-state index contributed by atoms with van der Waals surface area (Å²) in [6, 6.07) is 56.2. The predicted octanol–water partition coefficient (Wildman–Crippen LogP) is 12.8. The molecular weight excluding hydrogens is 587 g/mol. The summed E-state index contributed by atoms with van der Waals surface area (Å²) in [5.74, 6) is 0. The summed E-state index contributed by atoms with van der Waals surface area (Å²) >= 11 is 1.89. The van der Waals surface area contributed by atoms with Crippen LogP contribution < -0.4 is 0 Å². The van der Waals surface area contributed by atoms with E-state index in [2.05, 4.69) is 170 Å². The van der Waals surface area contributed by atoms with Crippen molar-refractivity contribution in [1.82, 2.24) is 4.57 Å². The highest BCUT2D eigenvalue weighted by Crippen LogP contribution is 2.53. The summed E-state index contributed by atoms with van der Waals surface area (Å²) < 4.78 is 5.22. The van der Waals surface area contributed by atoms with Gasteiger partial charge in [-0.25, -0.2) is 0 Å². The summed E-state index contributed by atoms with van der Waals surface area (Å²) in [6.45, 7) is 4.78. The largest absolute Gasteiger partial charge is 0.309 e. The van der Waals surface area contributed by atoms with Crippen LogP contribution in [0.25, 0.3) is 81.0 Å². The average molecular weight is 618 g/mol. The number of fused-ring (bicyclic) bond motifs is 10. The van der Waals surface area contributed by atoms with Crippen LogP contribution in [0.1, 0.15) is 25.0 Å². The normalized spacial score (nSPS) is 13.5. The Balaban J connectivity index is 1.24. The molecule has 222 valence electrons. The second-order valence-corrected chi connectivity index (χ2v) is 14.4. The Morgan fingerprint density at radius 2 is 1.19 bits per heavy atom. The molecule has 0 unspecified atom stereocenters. The molecule has 0 radical (unpaired) electrons. The molecular formula is C45H31NS. The molecule has 0 aliphatic heterocycles. The van der Waals surface area contributed by atoms with Gasteiger partial charge in [0, 0.05) is 42.0 Å². The van der Waals surface area contributed by atoms with Crippen molar-refractivity contribution in [3.63, 3.8) is 0 Å². The molecule has 2 aromatic heterocycles. The van der Waals surface area contributed by atoms with E-state index in [-0.39, 0.29) is 5.41 Å². The summed E-state index contributed by atoms with van der Waals surface area (Å²) in [7, 11) is 0. The van der Waals surface area contributed by atoms with E-state index in [1.54, 1.807) is 0 Å². The zero-order valence-corrected chi connectivity index (χ0v) is 27.1. The van der Waals surface area contributed by atoms with Crippen molar-refractivity contribution in [2.45, 2.75) is 19.3 Å². The maximum Gasteiger partial charge on any atom is 0.0588 e. The number of benzene rings is 7. The van der Waals surface area contributed by atoms with Gasteiger partial charge >= 0.3 is 0 Å². The Bertz CT molecular complexity index is 2690. The summed E-state index contributed by atoms with van der Waals surface area (Å²) in [4.78, 5) is 0. The van der Waals surface area contributed by atoms with Crippen LogP contribution in [0.15, 0.2) is 152 Å². The van der Waals surface area contributed by atoms with Crippen molar-refractivity contribution in [3.05, 3.63) is 163 Å². The molecule has 9 aromatic rings. The van der Waals surface area contributed by atoms with E-state index in [9.17, 15) is 0 Å². The highest BCUT2D eigenvalue weighted by molar-refractivity contribution is 7.26. The van der Waals surface area contributed by atoms with Gasteiger partial charge in [-0.1, -0.05) is 141 Å². The van der Waals surface area contributed by atoms with Gasteiger partial charge in [0.2, 0.25) is 0 Å². The SMILES string of the molecule is CC1(C)c2ccccc2-c2ccc3c4ccc(-c5ccccc5)cc4n(-c4ccc(-c5cccc6c5sc5ccccc56)cc4)c3c21. The van der Waals surface area contributed by atoms with Gasteiger partial charge in [0.25, 0.3) is 0 Å².